The molecule has 0 saturated carbocycles. The zero-order valence-electron chi connectivity index (χ0n) is 10.9. The lowest BCUT2D eigenvalue weighted by atomic mass is 10.0. The van der Waals surface area contributed by atoms with Gasteiger partial charge in [-0.05, 0) is 25.0 Å². The van der Waals surface area contributed by atoms with Gasteiger partial charge >= 0.3 is 0 Å². The lowest BCUT2D eigenvalue weighted by molar-refractivity contribution is -0.127. The smallest absolute Gasteiger partial charge is 0.243 e. The monoisotopic (exact) mass is 248 g/mol. The zero-order valence-corrected chi connectivity index (χ0v) is 10.9. The Kier molecular flexibility index (Phi) is 5.91. The fourth-order valence-corrected chi connectivity index (χ4v) is 1.70. The van der Waals surface area contributed by atoms with Gasteiger partial charge in [-0.2, -0.15) is 0 Å². The number of hydrogen-bond donors (Lipinski definition) is 2. The molecule has 0 aromatic heterocycles. The Bertz CT molecular complexity index is 386. The first-order chi connectivity index (χ1) is 8.67. The summed E-state index contributed by atoms with van der Waals surface area (Å²) >= 11 is 0. The maximum atomic E-state index is 11.7. The third kappa shape index (κ3) is 4.57. The van der Waals surface area contributed by atoms with E-state index in [1.807, 2.05) is 32.0 Å². The highest BCUT2D eigenvalue weighted by molar-refractivity contribution is 5.94. The van der Waals surface area contributed by atoms with E-state index in [1.165, 1.54) is 0 Å². The van der Waals surface area contributed by atoms with Gasteiger partial charge in [-0.3, -0.25) is 9.59 Å². The minimum Gasteiger partial charge on any atom is -0.347 e. The van der Waals surface area contributed by atoms with Crippen LogP contribution in [0, 0.1) is 5.92 Å². The quantitative estimate of drug-likeness (QED) is 0.810. The number of nitrogens with one attached hydrogen (secondary N) is 2. The van der Waals surface area contributed by atoms with Crippen molar-refractivity contribution >= 4 is 17.5 Å². The molecule has 2 amide bonds. The summed E-state index contributed by atoms with van der Waals surface area (Å²) in [5, 5.41) is 5.37. The summed E-state index contributed by atoms with van der Waals surface area (Å²) in [6, 6.07) is 9.18. The van der Waals surface area contributed by atoms with Crippen LogP contribution in [0.1, 0.15) is 26.7 Å². The zero-order chi connectivity index (χ0) is 13.4. The molecular weight excluding hydrogens is 228 g/mol. The van der Waals surface area contributed by atoms with Crippen LogP contribution in [0.2, 0.25) is 0 Å². The van der Waals surface area contributed by atoms with Crippen LogP contribution in [0.15, 0.2) is 30.3 Å². The Hall–Kier alpha value is -1.84. The van der Waals surface area contributed by atoms with Crippen molar-refractivity contribution in [3.8, 4) is 0 Å². The van der Waals surface area contributed by atoms with Crippen LogP contribution in [-0.4, -0.2) is 18.4 Å². The molecule has 0 fully saturated rings. The van der Waals surface area contributed by atoms with Crippen LogP contribution in [0.3, 0.4) is 0 Å². The molecule has 1 aromatic rings. The average molecular weight is 248 g/mol. The summed E-state index contributed by atoms with van der Waals surface area (Å²) < 4.78 is 0. The molecule has 2 N–H and O–H groups in total. The molecule has 0 radical (unpaired) electrons. The molecule has 0 saturated heterocycles. The molecule has 4 heteroatoms. The highest BCUT2D eigenvalue weighted by atomic mass is 16.2. The number of anilines is 1. The first-order valence-corrected chi connectivity index (χ1v) is 6.30. The summed E-state index contributed by atoms with van der Waals surface area (Å²) in [4.78, 5) is 23.3. The van der Waals surface area contributed by atoms with Crippen LogP contribution in [0.25, 0.3) is 0 Å². The molecule has 0 atom stereocenters. The molecule has 98 valence electrons. The number of carbonyl (C=O) groups is 2. The lowest BCUT2D eigenvalue weighted by Gasteiger charge is -2.12. The van der Waals surface area contributed by atoms with Crippen molar-refractivity contribution in [2.75, 3.05) is 11.9 Å². The normalized spacial score (nSPS) is 10.2. The van der Waals surface area contributed by atoms with Crippen molar-refractivity contribution in [3.05, 3.63) is 30.3 Å². The molecule has 0 aliphatic carbocycles. The van der Waals surface area contributed by atoms with Crippen LogP contribution < -0.4 is 10.6 Å². The Morgan fingerprint density at radius 2 is 1.72 bits per heavy atom. The van der Waals surface area contributed by atoms with Crippen LogP contribution >= 0.6 is 0 Å². The van der Waals surface area contributed by atoms with Crippen molar-refractivity contribution < 1.29 is 9.59 Å². The summed E-state index contributed by atoms with van der Waals surface area (Å²) in [7, 11) is 0. The summed E-state index contributed by atoms with van der Waals surface area (Å²) in [6.45, 7) is 3.96. The predicted octanol–water partition coefficient (Wildman–Crippen LogP) is 2.18. The van der Waals surface area contributed by atoms with Crippen LogP contribution in [0.5, 0.6) is 0 Å². The SMILES string of the molecule is CCC(CC)C(=O)NCC(=O)Nc1ccccc1. The topological polar surface area (TPSA) is 58.2 Å². The van der Waals surface area contributed by atoms with Crippen LogP contribution in [-0.2, 0) is 9.59 Å². The summed E-state index contributed by atoms with van der Waals surface area (Å²) in [5.74, 6) is -0.266. The van der Waals surface area contributed by atoms with Gasteiger partial charge in [-0.25, -0.2) is 0 Å². The number of benzene rings is 1. The summed E-state index contributed by atoms with van der Waals surface area (Å²) in [6.07, 6.45) is 1.59. The van der Waals surface area contributed by atoms with Crippen molar-refractivity contribution in [2.24, 2.45) is 5.92 Å². The Morgan fingerprint density at radius 3 is 2.28 bits per heavy atom. The third-order valence-electron chi connectivity index (χ3n) is 2.84. The second-order valence-electron chi connectivity index (χ2n) is 4.15. The van der Waals surface area contributed by atoms with Gasteiger partial charge < -0.3 is 10.6 Å². The molecular formula is C14H20N2O2. The third-order valence-corrected chi connectivity index (χ3v) is 2.84. The summed E-state index contributed by atoms with van der Waals surface area (Å²) in [5.41, 5.74) is 0.735. The van der Waals surface area contributed by atoms with Crippen molar-refractivity contribution in [2.45, 2.75) is 26.7 Å². The van der Waals surface area contributed by atoms with Gasteiger partial charge in [0, 0.05) is 11.6 Å². The maximum Gasteiger partial charge on any atom is 0.243 e. The van der Waals surface area contributed by atoms with Crippen molar-refractivity contribution in [1.82, 2.24) is 5.32 Å². The molecule has 0 aliphatic heterocycles. The predicted molar refractivity (Wildman–Crippen MR) is 72.2 cm³/mol. The van der Waals surface area contributed by atoms with E-state index in [0.29, 0.717) is 0 Å². The number of hydrogen-bond acceptors (Lipinski definition) is 2. The Balaban J connectivity index is 2.35. The maximum absolute atomic E-state index is 11.7. The van der Waals surface area contributed by atoms with Gasteiger partial charge in [-0.15, -0.1) is 0 Å². The number of amides is 2. The van der Waals surface area contributed by atoms with Gasteiger partial charge in [0.2, 0.25) is 11.8 Å². The fourth-order valence-electron chi connectivity index (χ4n) is 1.70. The first kappa shape index (κ1) is 14.2. The van der Waals surface area contributed by atoms with Gasteiger partial charge in [0.05, 0.1) is 6.54 Å². The first-order valence-electron chi connectivity index (χ1n) is 6.30. The van der Waals surface area contributed by atoms with Crippen LogP contribution in [0.4, 0.5) is 5.69 Å². The van der Waals surface area contributed by atoms with Gasteiger partial charge in [-0.1, -0.05) is 32.0 Å². The molecule has 4 nitrogen and oxygen atoms in total. The van der Waals surface area contributed by atoms with Crippen molar-refractivity contribution in [1.29, 1.82) is 0 Å². The molecule has 0 unspecified atom stereocenters. The minimum absolute atomic E-state index is 0.00507. The second-order valence-corrected chi connectivity index (χ2v) is 4.15. The highest BCUT2D eigenvalue weighted by Gasteiger charge is 2.14. The fraction of sp³-hybridized carbons (Fsp3) is 0.429. The number of rotatable bonds is 6. The van der Waals surface area contributed by atoms with Gasteiger partial charge in [0.1, 0.15) is 0 Å². The Morgan fingerprint density at radius 1 is 1.11 bits per heavy atom. The van der Waals surface area contributed by atoms with E-state index in [1.54, 1.807) is 12.1 Å². The number of para-hydroxylation sites is 1. The largest absolute Gasteiger partial charge is 0.347 e. The van der Waals surface area contributed by atoms with E-state index < -0.39 is 0 Å². The second kappa shape index (κ2) is 7.48. The van der Waals surface area contributed by atoms with E-state index in [-0.39, 0.29) is 24.3 Å². The van der Waals surface area contributed by atoms with Gasteiger partial charge in [0.15, 0.2) is 0 Å². The van der Waals surface area contributed by atoms with E-state index in [2.05, 4.69) is 10.6 Å². The molecule has 18 heavy (non-hydrogen) atoms. The standard InChI is InChI=1S/C14H20N2O2/c1-3-11(4-2)14(18)15-10-13(17)16-12-8-6-5-7-9-12/h5-9,11H,3-4,10H2,1-2H3,(H,15,18)(H,16,17). The van der Waals surface area contributed by atoms with E-state index in [4.69, 9.17) is 0 Å². The van der Waals surface area contributed by atoms with Gasteiger partial charge in [0.25, 0.3) is 0 Å². The lowest BCUT2D eigenvalue weighted by Crippen LogP contribution is -2.36. The van der Waals surface area contributed by atoms with E-state index in [9.17, 15) is 9.59 Å². The molecule has 1 aromatic carbocycles. The Labute approximate surface area is 108 Å². The molecule has 0 heterocycles. The molecule has 1 rings (SSSR count). The molecule has 0 aliphatic rings. The van der Waals surface area contributed by atoms with Crippen molar-refractivity contribution in [3.63, 3.8) is 0 Å². The molecule has 0 bridgehead atoms. The number of carbonyl (C=O) groups excluding carboxylic acids is 2. The molecule has 0 spiro atoms. The van der Waals surface area contributed by atoms with E-state index >= 15 is 0 Å². The highest BCUT2D eigenvalue weighted by Crippen LogP contribution is 2.07. The van der Waals surface area contributed by atoms with E-state index in [0.717, 1.165) is 18.5 Å². The average Bonchev–Trinajstić information content (AvgIpc) is 2.39. The minimum atomic E-state index is -0.208.